The van der Waals surface area contributed by atoms with Gasteiger partial charge in [-0.1, -0.05) is 0 Å². The second-order valence-corrected chi connectivity index (χ2v) is 17.3. The second kappa shape index (κ2) is 60.2. The van der Waals surface area contributed by atoms with Crippen molar-refractivity contribution >= 4 is 121 Å². The van der Waals surface area contributed by atoms with Gasteiger partial charge in [0.15, 0.2) is 0 Å². The Morgan fingerprint density at radius 3 is 0.214 bits per heavy atom. The third kappa shape index (κ3) is 1200. The second-order valence-electron chi connectivity index (χ2n) is 2.58. The van der Waals surface area contributed by atoms with E-state index in [4.69, 9.17) is 58.7 Å². The van der Waals surface area contributed by atoms with Crippen molar-refractivity contribution in [2.45, 2.75) is 0 Å². The van der Waals surface area contributed by atoms with Crippen molar-refractivity contribution in [3.05, 3.63) is 0 Å². The summed E-state index contributed by atoms with van der Waals surface area (Å²) >= 11 is -38.1. The fourth-order valence-electron chi connectivity index (χ4n) is 0. The summed E-state index contributed by atoms with van der Waals surface area (Å²) in [6.45, 7) is 0. The molecule has 0 aliphatic heterocycles. The molecule has 18 nitrogen and oxygen atoms in total. The molecule has 0 rings (SSSR count). The molecule has 0 fully saturated rings. The Labute approximate surface area is 413 Å². The fraction of sp³-hybridized carbons (Fsp3) is 0. The third-order valence-electron chi connectivity index (χ3n) is 0. The molecule has 0 atom stereocenters. The molecule has 0 aliphatic carbocycles. The Bertz CT molecular complexity index is 510. The van der Waals surface area contributed by atoms with Crippen LogP contribution in [-0.4, -0.2) is 121 Å². The summed E-state index contributed by atoms with van der Waals surface area (Å²) < 4.78 is 215. The van der Waals surface area contributed by atoms with Crippen molar-refractivity contribution in [3.63, 3.8) is 0 Å². The van der Waals surface area contributed by atoms with Crippen LogP contribution in [0, 0.1) is 0 Å². The van der Waals surface area contributed by atoms with Gasteiger partial charge in [-0.15, -0.1) is 0 Å². The van der Waals surface area contributed by atoms with Crippen LogP contribution in [0.15, 0.2) is 0 Å². The molecule has 0 spiro atoms. The van der Waals surface area contributed by atoms with Crippen molar-refractivity contribution in [2.75, 3.05) is 0 Å². The molecule has 0 aromatic carbocycles. The van der Waals surface area contributed by atoms with E-state index in [9.17, 15) is 16.9 Å². The Morgan fingerprint density at radius 2 is 0.214 bits per heavy atom. The molecule has 192 valence electrons. The quantitative estimate of drug-likeness (QED) is 0.161. The summed E-state index contributed by atoms with van der Waals surface area (Å²) in [5.41, 5.74) is 0. The molecule has 0 radical (unpaired) electrons. The van der Waals surface area contributed by atoms with E-state index >= 15 is 0 Å². The van der Waals surface area contributed by atoms with Gasteiger partial charge in [0.2, 0.25) is 0 Å². The normalized spacial score (nSPS) is 8.43. The van der Waals surface area contributed by atoms with Crippen molar-refractivity contribution in [1.29, 1.82) is 0 Å². The maximum atomic E-state index is 10.2. The topological polar surface area (TPSA) is 379 Å². The Hall–Kier alpha value is 9.98. The summed E-state index contributed by atoms with van der Waals surface area (Å²) in [7, 11) is 0. The van der Waals surface area contributed by atoms with Crippen LogP contribution in [0.5, 0.6) is 0 Å². The predicted molar refractivity (Wildman–Crippen MR) is 45.3 cm³/mol. The van der Waals surface area contributed by atoms with Crippen LogP contribution < -0.4 is 267 Å². The van der Waals surface area contributed by atoms with Crippen molar-refractivity contribution in [1.82, 2.24) is 0 Å². The molecule has 0 unspecified atom stereocenters. The molecule has 0 aromatic rings. The third-order valence-corrected chi connectivity index (χ3v) is 0. The van der Waals surface area contributed by atoms with Gasteiger partial charge in [-0.05, 0) is 0 Å². The van der Waals surface area contributed by atoms with E-state index in [0.29, 0.717) is 0 Å². The van der Waals surface area contributed by atoms with E-state index in [1.165, 1.54) is 0 Å². The first-order valence-corrected chi connectivity index (χ1v) is 28.8. The van der Waals surface area contributed by atoms with Crippen LogP contribution in [-0.2, 0) is 18.1 Å². The van der Waals surface area contributed by atoms with E-state index in [1.54, 1.807) is 0 Å². The Morgan fingerprint density at radius 1 is 0.214 bits per heavy atom. The molecule has 0 heterocycles. The molecular weight excluding hydrogens is 1220 g/mol. The zero-order valence-corrected chi connectivity index (χ0v) is 39.6. The van der Waals surface area contributed by atoms with Gasteiger partial charge in [-0.3, -0.25) is 0 Å². The summed E-state index contributed by atoms with van der Waals surface area (Å²) in [4.78, 5) is 0. The van der Waals surface area contributed by atoms with E-state index in [2.05, 4.69) is 0 Å². The molecule has 0 aliphatic rings. The molecule has 0 N–H and O–H groups in total. The SMILES string of the molecule is [Li+].[Li+].[Li+].[Li+].[Li+].[Li+].[Li+].[Li+].[Li+].[Li+].[Li+].[Li+].[O]=[Sb]([O-])([O-])[F].[O]=[Sb]([O-])([O-])[F].[O]=[Sb]([O-])([O-])[F].[O]=[Sb]([O-])([O-])[F].[O]=[Sb]([O-])([O-])[F].[O]=[Sb]([O-])([O-])[F]. The Balaban J connectivity index is -0.00000000973. The number of hydrogen-bond acceptors (Lipinski definition) is 18. The molecule has 0 saturated carbocycles. The van der Waals surface area contributed by atoms with Gasteiger partial charge in [0.05, 0.1) is 0 Å². The fourth-order valence-corrected chi connectivity index (χ4v) is 0. The molecule has 0 saturated heterocycles. The first kappa shape index (κ1) is 117. The molecule has 42 heteroatoms. The van der Waals surface area contributed by atoms with Gasteiger partial charge in [0.1, 0.15) is 0 Å². The predicted octanol–water partition coefficient (Wildman–Crippen LogP) is -50.7. The monoisotopic (exact) mass is 1210 g/mol. The summed E-state index contributed by atoms with van der Waals surface area (Å²) in [6, 6.07) is 0. The molecule has 0 bridgehead atoms. The summed E-state index contributed by atoms with van der Waals surface area (Å²) in [5, 5.41) is 0. The minimum atomic E-state index is -6.35. The zero-order chi connectivity index (χ0) is 27.0. The zero-order valence-electron chi connectivity index (χ0n) is 24.3. The molecule has 42 heavy (non-hydrogen) atoms. The number of halogens is 6. The van der Waals surface area contributed by atoms with E-state index in [-0.39, 0.29) is 226 Å². The summed E-state index contributed by atoms with van der Waals surface area (Å²) in [5.74, 6) is 0. The van der Waals surface area contributed by atoms with Crippen LogP contribution >= 0.6 is 0 Å². The molecule has 0 amide bonds. The van der Waals surface area contributed by atoms with E-state index in [1.807, 2.05) is 0 Å². The Kier molecular flexibility index (Phi) is 168. The standard InChI is InChI=1S/6FH.12Li.18O.6Sb/h6*1H;;;;;;;;;;;;;;;;;;;;;;;;;;;;;;;;;;;;/q;;;;;;12*+1;;;;;;;12*-1;6*+1/p-6. The maximum absolute atomic E-state index is 10.2. The van der Waals surface area contributed by atoms with Crippen LogP contribution in [0.1, 0.15) is 0 Å². The van der Waals surface area contributed by atoms with Gasteiger partial charge in [0, 0.05) is 0 Å². The average molecular weight is 1220 g/mol. The van der Waals surface area contributed by atoms with Gasteiger partial charge < -0.3 is 0 Å². The first-order chi connectivity index (χ1) is 12.0. The first-order valence-electron chi connectivity index (χ1n) is 4.30. The van der Waals surface area contributed by atoms with Gasteiger partial charge in [-0.25, -0.2) is 0 Å². The van der Waals surface area contributed by atoms with E-state index in [0.717, 1.165) is 0 Å². The van der Waals surface area contributed by atoms with Crippen LogP contribution in [0.3, 0.4) is 0 Å². The van der Waals surface area contributed by atoms with Gasteiger partial charge >= 0.3 is 423 Å². The van der Waals surface area contributed by atoms with Gasteiger partial charge in [0.25, 0.3) is 0 Å². The van der Waals surface area contributed by atoms with E-state index < -0.39 is 121 Å². The number of hydrogen-bond donors (Lipinski definition) is 0. The average Bonchev–Trinajstić information content (AvgIpc) is 1.94. The number of rotatable bonds is 0. The van der Waals surface area contributed by atoms with Crippen LogP contribution in [0.25, 0.3) is 0 Å². The minimum absolute atomic E-state index is 0. The molecular formula is F6Li12O18Sb6. The van der Waals surface area contributed by atoms with Crippen LogP contribution in [0.2, 0.25) is 0 Å². The van der Waals surface area contributed by atoms with Crippen molar-refractivity contribution < 1.29 is 302 Å². The van der Waals surface area contributed by atoms with Crippen LogP contribution in [0.4, 0.5) is 16.9 Å². The van der Waals surface area contributed by atoms with Gasteiger partial charge in [-0.2, -0.15) is 0 Å². The summed E-state index contributed by atoms with van der Waals surface area (Å²) in [6.07, 6.45) is 0. The molecule has 0 aromatic heterocycles. The van der Waals surface area contributed by atoms with Crippen molar-refractivity contribution in [2.24, 2.45) is 0 Å². The van der Waals surface area contributed by atoms with Crippen molar-refractivity contribution in [3.8, 4) is 0 Å².